The van der Waals surface area contributed by atoms with Crippen molar-refractivity contribution in [2.45, 2.75) is 51.5 Å². The lowest BCUT2D eigenvalue weighted by Crippen LogP contribution is -2.40. The Labute approximate surface area is 120 Å². The zero-order valence-electron chi connectivity index (χ0n) is 11.9. The third kappa shape index (κ3) is 3.91. The number of aryl methyl sites for hydroxylation is 1. The molecule has 1 atom stereocenters. The molecule has 19 heavy (non-hydrogen) atoms. The third-order valence-corrected chi connectivity index (χ3v) is 4.81. The molecule has 0 saturated heterocycles. The first-order valence-electron chi connectivity index (χ1n) is 7.42. The molecule has 108 valence electrons. The van der Waals surface area contributed by atoms with Crippen LogP contribution in [0, 0.1) is 0 Å². The minimum Gasteiger partial charge on any atom is -0.375 e. The molecule has 1 heterocycles. The summed E-state index contributed by atoms with van der Waals surface area (Å²) in [7, 11) is 0. The zero-order valence-corrected chi connectivity index (χ0v) is 12.7. The predicted octanol–water partition coefficient (Wildman–Crippen LogP) is 2.03. The van der Waals surface area contributed by atoms with Gasteiger partial charge < -0.3 is 16.4 Å². The molecular formula is C14H26N4S. The van der Waals surface area contributed by atoms with Gasteiger partial charge in [0.2, 0.25) is 0 Å². The van der Waals surface area contributed by atoms with Gasteiger partial charge in [-0.1, -0.05) is 6.92 Å². The van der Waals surface area contributed by atoms with Crippen molar-refractivity contribution in [1.29, 1.82) is 0 Å². The fourth-order valence-corrected chi connectivity index (χ4v) is 3.86. The zero-order chi connectivity index (χ0) is 13.7. The fraction of sp³-hybridized carbons (Fsp3) is 0.786. The maximum absolute atomic E-state index is 5.82. The van der Waals surface area contributed by atoms with Gasteiger partial charge in [-0.25, -0.2) is 4.98 Å². The van der Waals surface area contributed by atoms with Gasteiger partial charge in [-0.2, -0.15) is 0 Å². The molecule has 0 aromatic carbocycles. The molecule has 0 amide bonds. The molecule has 4 nitrogen and oxygen atoms in total. The van der Waals surface area contributed by atoms with Crippen LogP contribution in [0.5, 0.6) is 0 Å². The molecule has 0 spiro atoms. The Morgan fingerprint density at radius 3 is 2.95 bits per heavy atom. The molecule has 1 aromatic rings. The fourth-order valence-electron chi connectivity index (χ4n) is 2.91. The average Bonchev–Trinajstić information content (AvgIpc) is 2.77. The van der Waals surface area contributed by atoms with E-state index < -0.39 is 0 Å². The van der Waals surface area contributed by atoms with Crippen LogP contribution < -0.4 is 11.5 Å². The van der Waals surface area contributed by atoms with E-state index in [1.165, 1.54) is 42.9 Å². The van der Waals surface area contributed by atoms with E-state index >= 15 is 0 Å². The lowest BCUT2D eigenvalue weighted by Gasteiger charge is -2.33. The van der Waals surface area contributed by atoms with Crippen LogP contribution in [-0.2, 0) is 12.8 Å². The van der Waals surface area contributed by atoms with Gasteiger partial charge >= 0.3 is 0 Å². The van der Waals surface area contributed by atoms with Crippen LogP contribution in [-0.4, -0.2) is 35.6 Å². The van der Waals surface area contributed by atoms with Gasteiger partial charge in [-0.05, 0) is 58.2 Å². The second-order valence-corrected chi connectivity index (χ2v) is 6.47. The first-order chi connectivity index (χ1) is 9.24. The Bertz CT molecular complexity index is 391. The number of fused-ring (bicyclic) bond motifs is 1. The van der Waals surface area contributed by atoms with Crippen molar-refractivity contribution in [3.8, 4) is 0 Å². The molecular weight excluding hydrogens is 256 g/mol. The van der Waals surface area contributed by atoms with Crippen LogP contribution in [0.2, 0.25) is 0 Å². The number of rotatable bonds is 7. The van der Waals surface area contributed by atoms with Crippen LogP contribution in [0.1, 0.15) is 43.2 Å². The van der Waals surface area contributed by atoms with Crippen molar-refractivity contribution < 1.29 is 0 Å². The number of anilines is 1. The van der Waals surface area contributed by atoms with Crippen molar-refractivity contribution in [1.82, 2.24) is 9.88 Å². The Hall–Kier alpha value is -0.650. The average molecular weight is 282 g/mol. The number of hydrogen-bond acceptors (Lipinski definition) is 5. The largest absolute Gasteiger partial charge is 0.375 e. The second-order valence-electron chi connectivity index (χ2n) is 5.35. The highest BCUT2D eigenvalue weighted by molar-refractivity contribution is 7.15. The number of nitrogens with zero attached hydrogens (tertiary/aromatic N) is 2. The highest BCUT2D eigenvalue weighted by atomic mass is 32.1. The molecule has 1 unspecified atom stereocenters. The van der Waals surface area contributed by atoms with Crippen LogP contribution >= 0.6 is 11.3 Å². The molecule has 1 aliphatic rings. The number of thiazole rings is 1. The van der Waals surface area contributed by atoms with E-state index in [2.05, 4.69) is 16.8 Å². The van der Waals surface area contributed by atoms with E-state index in [-0.39, 0.29) is 0 Å². The monoisotopic (exact) mass is 282 g/mol. The van der Waals surface area contributed by atoms with Crippen LogP contribution in [0.25, 0.3) is 0 Å². The topological polar surface area (TPSA) is 68.2 Å². The molecule has 2 rings (SSSR count). The van der Waals surface area contributed by atoms with Crippen molar-refractivity contribution >= 4 is 16.5 Å². The highest BCUT2D eigenvalue weighted by Gasteiger charge is 2.26. The number of unbranched alkanes of at least 4 members (excludes halogenated alkanes) is 1. The summed E-state index contributed by atoms with van der Waals surface area (Å²) in [6.07, 6.45) is 7.00. The minimum atomic E-state index is 0.671. The number of nitrogen functional groups attached to an aromatic ring is 1. The Morgan fingerprint density at radius 1 is 1.37 bits per heavy atom. The normalized spacial score (nSPS) is 18.8. The van der Waals surface area contributed by atoms with E-state index in [0.717, 1.165) is 30.9 Å². The summed E-state index contributed by atoms with van der Waals surface area (Å²) in [5, 5.41) is 0.732. The van der Waals surface area contributed by atoms with E-state index in [1.807, 2.05) is 0 Å². The van der Waals surface area contributed by atoms with Crippen molar-refractivity contribution in [3.05, 3.63) is 10.6 Å². The smallest absolute Gasteiger partial charge is 0.180 e. The van der Waals surface area contributed by atoms with Crippen molar-refractivity contribution in [3.63, 3.8) is 0 Å². The maximum Gasteiger partial charge on any atom is 0.180 e. The molecule has 5 heteroatoms. The van der Waals surface area contributed by atoms with Gasteiger partial charge in [-0.15, -0.1) is 11.3 Å². The minimum absolute atomic E-state index is 0.671. The summed E-state index contributed by atoms with van der Waals surface area (Å²) in [6, 6.07) is 0.671. The maximum atomic E-state index is 5.82. The van der Waals surface area contributed by atoms with E-state index in [1.54, 1.807) is 11.3 Å². The van der Waals surface area contributed by atoms with E-state index in [0.29, 0.717) is 6.04 Å². The quantitative estimate of drug-likeness (QED) is 0.751. The van der Waals surface area contributed by atoms with Crippen LogP contribution in [0.4, 0.5) is 5.13 Å². The first-order valence-corrected chi connectivity index (χ1v) is 8.24. The molecule has 4 N–H and O–H groups in total. The lowest BCUT2D eigenvalue weighted by atomic mass is 9.96. The summed E-state index contributed by atoms with van der Waals surface area (Å²) in [4.78, 5) is 8.49. The standard InChI is InChI=1S/C14H26N4S/c1-2-8-18(9-4-3-7-15)11-5-6-12-13(10-11)19-14(16)17-12/h11H,2-10,15H2,1H3,(H2,16,17). The molecule has 0 bridgehead atoms. The summed E-state index contributed by atoms with van der Waals surface area (Å²) in [6.45, 7) is 5.44. The van der Waals surface area contributed by atoms with Gasteiger partial charge in [-0.3, -0.25) is 0 Å². The summed E-state index contributed by atoms with van der Waals surface area (Å²) >= 11 is 1.68. The van der Waals surface area contributed by atoms with Gasteiger partial charge in [0.1, 0.15) is 0 Å². The van der Waals surface area contributed by atoms with Crippen LogP contribution in [0.15, 0.2) is 0 Å². The second kappa shape index (κ2) is 7.22. The van der Waals surface area contributed by atoms with Crippen LogP contribution in [0.3, 0.4) is 0 Å². The molecule has 1 aromatic heterocycles. The Kier molecular flexibility index (Phi) is 5.60. The Balaban J connectivity index is 1.95. The van der Waals surface area contributed by atoms with E-state index in [4.69, 9.17) is 11.5 Å². The molecule has 1 aliphatic carbocycles. The molecule has 0 aliphatic heterocycles. The van der Waals surface area contributed by atoms with Gasteiger partial charge in [0.25, 0.3) is 0 Å². The molecule has 0 saturated carbocycles. The predicted molar refractivity (Wildman–Crippen MR) is 82.5 cm³/mol. The van der Waals surface area contributed by atoms with Crippen molar-refractivity contribution in [2.24, 2.45) is 5.73 Å². The SMILES string of the molecule is CCCN(CCCCN)C1CCc2nc(N)sc2C1. The van der Waals surface area contributed by atoms with Gasteiger partial charge in [0.05, 0.1) is 5.69 Å². The van der Waals surface area contributed by atoms with E-state index in [9.17, 15) is 0 Å². The molecule has 0 fully saturated rings. The lowest BCUT2D eigenvalue weighted by molar-refractivity contribution is 0.177. The highest BCUT2D eigenvalue weighted by Crippen LogP contribution is 2.30. The van der Waals surface area contributed by atoms with Crippen molar-refractivity contribution in [2.75, 3.05) is 25.4 Å². The number of hydrogen-bond donors (Lipinski definition) is 2. The summed E-state index contributed by atoms with van der Waals surface area (Å²) in [5.41, 5.74) is 12.7. The number of nitrogens with two attached hydrogens (primary N) is 2. The summed E-state index contributed by atoms with van der Waals surface area (Å²) < 4.78 is 0. The third-order valence-electron chi connectivity index (χ3n) is 3.86. The first kappa shape index (κ1) is 14.8. The Morgan fingerprint density at radius 2 is 2.21 bits per heavy atom. The summed E-state index contributed by atoms with van der Waals surface area (Å²) in [5.74, 6) is 0. The molecule has 0 radical (unpaired) electrons. The number of aromatic nitrogens is 1. The van der Waals surface area contributed by atoms with Gasteiger partial charge in [0, 0.05) is 10.9 Å². The van der Waals surface area contributed by atoms with Gasteiger partial charge in [0.15, 0.2) is 5.13 Å².